The van der Waals surface area contributed by atoms with Crippen molar-refractivity contribution in [2.45, 2.75) is 45.8 Å². The van der Waals surface area contributed by atoms with Crippen molar-refractivity contribution >= 4 is 11.9 Å². The summed E-state index contributed by atoms with van der Waals surface area (Å²) in [5, 5.41) is 26.9. The predicted octanol–water partition coefficient (Wildman–Crippen LogP) is 4.05. The van der Waals surface area contributed by atoms with Gasteiger partial charge in [0.15, 0.2) is 5.69 Å². The summed E-state index contributed by atoms with van der Waals surface area (Å²) in [6, 6.07) is 13.6. The Bertz CT molecular complexity index is 1190. The second-order valence-corrected chi connectivity index (χ2v) is 9.07. The lowest BCUT2D eigenvalue weighted by Gasteiger charge is -2.27. The third-order valence-corrected chi connectivity index (χ3v) is 5.91. The number of aryl methyl sites for hydroxylation is 1. The normalized spacial score (nSPS) is 13.8. The van der Waals surface area contributed by atoms with E-state index in [0.29, 0.717) is 5.56 Å². The summed E-state index contributed by atoms with van der Waals surface area (Å²) in [5.41, 5.74) is 0.424. The van der Waals surface area contributed by atoms with E-state index in [1.54, 1.807) is 25.1 Å². The molecule has 0 unspecified atom stereocenters. The van der Waals surface area contributed by atoms with Gasteiger partial charge in [-0.1, -0.05) is 55.8 Å². The van der Waals surface area contributed by atoms with Crippen molar-refractivity contribution in [2.24, 2.45) is 5.92 Å². The fourth-order valence-corrected chi connectivity index (χ4v) is 3.22. The first-order valence-electron chi connectivity index (χ1n) is 11.3. The van der Waals surface area contributed by atoms with Crippen molar-refractivity contribution in [1.29, 1.82) is 0 Å². The third kappa shape index (κ3) is 6.45. The van der Waals surface area contributed by atoms with Crippen LogP contribution in [0.1, 0.15) is 54.8 Å². The van der Waals surface area contributed by atoms with Crippen LogP contribution in [0.25, 0.3) is 5.69 Å². The van der Waals surface area contributed by atoms with Crippen LogP contribution in [-0.2, 0) is 4.79 Å². The topological polar surface area (TPSA) is 114 Å². The van der Waals surface area contributed by atoms with E-state index in [0.717, 1.165) is 10.2 Å². The van der Waals surface area contributed by atoms with Gasteiger partial charge in [0.2, 0.25) is 5.88 Å². The second-order valence-electron chi connectivity index (χ2n) is 9.07. The minimum Gasteiger partial charge on any atom is -0.481 e. The van der Waals surface area contributed by atoms with Gasteiger partial charge < -0.3 is 20.3 Å². The van der Waals surface area contributed by atoms with Crippen LogP contribution >= 0.6 is 0 Å². The van der Waals surface area contributed by atoms with Crippen molar-refractivity contribution < 1.29 is 28.9 Å². The highest BCUT2D eigenvalue weighted by Gasteiger charge is 2.28. The maximum atomic E-state index is 14.5. The molecule has 0 fully saturated rings. The van der Waals surface area contributed by atoms with Gasteiger partial charge in [0.1, 0.15) is 18.1 Å². The van der Waals surface area contributed by atoms with Crippen LogP contribution < -0.4 is 10.1 Å². The molecule has 9 heteroatoms. The van der Waals surface area contributed by atoms with E-state index in [9.17, 15) is 24.2 Å². The molecule has 3 N–H and O–H groups in total. The fraction of sp³-hybridized carbons (Fsp3) is 0.346. The van der Waals surface area contributed by atoms with Crippen LogP contribution in [0.2, 0.25) is 0 Å². The Morgan fingerprint density at radius 2 is 1.83 bits per heavy atom. The number of carboxylic acid groups (broad SMARTS) is 1. The third-order valence-electron chi connectivity index (χ3n) is 5.91. The first-order chi connectivity index (χ1) is 16.5. The lowest BCUT2D eigenvalue weighted by molar-refractivity contribution is -0.137. The van der Waals surface area contributed by atoms with E-state index in [1.807, 2.05) is 32.9 Å². The van der Waals surface area contributed by atoms with Gasteiger partial charge in [0.05, 0.1) is 18.1 Å². The minimum atomic E-state index is -1.18. The summed E-state index contributed by atoms with van der Waals surface area (Å²) in [6.45, 7) is 7.08. The first kappa shape index (κ1) is 25.9. The van der Waals surface area contributed by atoms with E-state index >= 15 is 0 Å². The number of halogens is 1. The Kier molecular flexibility index (Phi) is 7.91. The number of nitrogens with one attached hydrogen (secondary N) is 1. The van der Waals surface area contributed by atoms with Crippen molar-refractivity contribution in [3.05, 3.63) is 77.2 Å². The smallest absolute Gasteiger partial charge is 0.305 e. The molecule has 186 valence electrons. The fourth-order valence-electron chi connectivity index (χ4n) is 3.22. The lowest BCUT2D eigenvalue weighted by Crippen LogP contribution is -2.38. The second kappa shape index (κ2) is 10.7. The molecule has 0 bridgehead atoms. The summed E-state index contributed by atoms with van der Waals surface area (Å²) in [4.78, 5) is 24.5. The highest BCUT2D eigenvalue weighted by atomic mass is 19.1. The summed E-state index contributed by atoms with van der Waals surface area (Å²) in [5.74, 6) is -2.36. The molecule has 2 aromatic carbocycles. The maximum Gasteiger partial charge on any atom is 0.305 e. The van der Waals surface area contributed by atoms with Crippen LogP contribution in [-0.4, -0.2) is 44.1 Å². The standard InChI is InChI=1S/C26H30FN3O5/c1-16(2)26(4,34)15-35-23-13-21(29-30(23)22-8-6-5-7-19(22)27)25(33)28-20(14-24(31)32)18-11-9-17(3)10-12-18/h5-13,16,20,34H,14-15H2,1-4H3,(H,28,33)(H,31,32)/t20-,26+/m0/s1. The number of hydrogen-bond donors (Lipinski definition) is 3. The number of benzene rings is 2. The Labute approximate surface area is 203 Å². The van der Waals surface area contributed by atoms with Gasteiger partial charge in [-0.25, -0.2) is 4.39 Å². The number of ether oxygens (including phenoxy) is 1. The molecule has 2 atom stereocenters. The number of carbonyl (C=O) groups excluding carboxylic acids is 1. The highest BCUT2D eigenvalue weighted by Crippen LogP contribution is 2.25. The minimum absolute atomic E-state index is 0.0614. The number of amides is 1. The van der Waals surface area contributed by atoms with Gasteiger partial charge >= 0.3 is 5.97 Å². The molecule has 3 rings (SSSR count). The SMILES string of the molecule is Cc1ccc([C@H](CC(=O)O)NC(=O)c2cc(OC[C@@](C)(O)C(C)C)n(-c3ccccc3F)n2)cc1. The van der Waals surface area contributed by atoms with Crippen molar-refractivity contribution in [3.63, 3.8) is 0 Å². The quantitative estimate of drug-likeness (QED) is 0.401. The zero-order valence-electron chi connectivity index (χ0n) is 20.2. The number of rotatable bonds is 10. The molecule has 35 heavy (non-hydrogen) atoms. The van der Waals surface area contributed by atoms with Crippen LogP contribution in [0.3, 0.4) is 0 Å². The van der Waals surface area contributed by atoms with E-state index < -0.39 is 29.3 Å². The van der Waals surface area contributed by atoms with Crippen LogP contribution in [0.5, 0.6) is 5.88 Å². The molecule has 1 amide bonds. The van der Waals surface area contributed by atoms with Gasteiger partial charge in [0, 0.05) is 6.07 Å². The van der Waals surface area contributed by atoms with Gasteiger partial charge in [-0.3, -0.25) is 9.59 Å². The summed E-state index contributed by atoms with van der Waals surface area (Å²) in [6.07, 6.45) is -0.330. The molecule has 0 radical (unpaired) electrons. The molecular weight excluding hydrogens is 453 g/mol. The molecule has 8 nitrogen and oxygen atoms in total. The summed E-state index contributed by atoms with van der Waals surface area (Å²) >= 11 is 0. The van der Waals surface area contributed by atoms with Gasteiger partial charge in [0.25, 0.3) is 5.91 Å². The largest absolute Gasteiger partial charge is 0.481 e. The lowest BCUT2D eigenvalue weighted by atomic mass is 9.94. The Hall–Kier alpha value is -3.72. The monoisotopic (exact) mass is 483 g/mol. The average molecular weight is 484 g/mol. The molecule has 0 aliphatic rings. The van der Waals surface area contributed by atoms with E-state index in [4.69, 9.17) is 4.74 Å². The first-order valence-corrected chi connectivity index (χ1v) is 11.3. The summed E-state index contributed by atoms with van der Waals surface area (Å²) in [7, 11) is 0. The molecule has 0 saturated heterocycles. The highest BCUT2D eigenvalue weighted by molar-refractivity contribution is 5.93. The number of aliphatic carboxylic acids is 1. The van der Waals surface area contributed by atoms with E-state index in [-0.39, 0.29) is 36.2 Å². The number of aliphatic hydroxyl groups is 1. The number of hydrogen-bond acceptors (Lipinski definition) is 5. The Morgan fingerprint density at radius 3 is 2.43 bits per heavy atom. The molecule has 1 heterocycles. The average Bonchev–Trinajstić information content (AvgIpc) is 3.22. The van der Waals surface area contributed by atoms with Crippen LogP contribution in [0.4, 0.5) is 4.39 Å². The molecule has 0 spiro atoms. The number of carbonyl (C=O) groups is 2. The molecule has 1 aromatic heterocycles. The van der Waals surface area contributed by atoms with Crippen LogP contribution in [0, 0.1) is 18.7 Å². The van der Waals surface area contributed by atoms with Crippen molar-refractivity contribution in [1.82, 2.24) is 15.1 Å². The molecule has 3 aromatic rings. The van der Waals surface area contributed by atoms with Crippen molar-refractivity contribution in [3.8, 4) is 11.6 Å². The molecule has 0 saturated carbocycles. The molecular formula is C26H30FN3O5. The van der Waals surface area contributed by atoms with Crippen LogP contribution in [0.15, 0.2) is 54.6 Å². The zero-order chi connectivity index (χ0) is 25.8. The van der Waals surface area contributed by atoms with Gasteiger partial charge in [-0.15, -0.1) is 0 Å². The Morgan fingerprint density at radius 1 is 1.17 bits per heavy atom. The van der Waals surface area contributed by atoms with Gasteiger partial charge in [-0.05, 0) is 37.5 Å². The van der Waals surface area contributed by atoms with Gasteiger partial charge in [-0.2, -0.15) is 9.78 Å². The Balaban J connectivity index is 1.94. The van der Waals surface area contributed by atoms with Crippen molar-refractivity contribution in [2.75, 3.05) is 6.61 Å². The number of carboxylic acids is 1. The maximum absolute atomic E-state index is 14.5. The molecule has 0 aliphatic heterocycles. The number of para-hydroxylation sites is 1. The van der Waals surface area contributed by atoms with E-state index in [2.05, 4.69) is 10.4 Å². The number of nitrogens with zero attached hydrogens (tertiary/aromatic N) is 2. The molecule has 0 aliphatic carbocycles. The zero-order valence-corrected chi connectivity index (χ0v) is 20.2. The predicted molar refractivity (Wildman–Crippen MR) is 128 cm³/mol. The number of aromatic nitrogens is 2. The summed E-state index contributed by atoms with van der Waals surface area (Å²) < 4.78 is 21.5. The van der Waals surface area contributed by atoms with E-state index in [1.165, 1.54) is 24.3 Å².